The smallest absolute Gasteiger partial charge is 0.367 e. The second kappa shape index (κ2) is 13.9. The predicted molar refractivity (Wildman–Crippen MR) is 188 cm³/mol. The number of aryl methyl sites for hydroxylation is 2. The first-order chi connectivity index (χ1) is 23.5. The van der Waals surface area contributed by atoms with Crippen molar-refractivity contribution in [3.63, 3.8) is 0 Å². The predicted octanol–water partition coefficient (Wildman–Crippen LogP) is 9.34. The summed E-state index contributed by atoms with van der Waals surface area (Å²) in [6, 6.07) is 36.0. The van der Waals surface area contributed by atoms with Gasteiger partial charge in [-0.1, -0.05) is 111 Å². The third-order valence-electron chi connectivity index (χ3n) is 9.58. The Labute approximate surface area is 282 Å². The molecule has 0 heterocycles. The zero-order chi connectivity index (χ0) is 33.0. The van der Waals surface area contributed by atoms with Gasteiger partial charge in [-0.2, -0.15) is 0 Å². The summed E-state index contributed by atoms with van der Waals surface area (Å²) in [6.07, 6.45) is 7.01. The molecule has 5 aromatic carbocycles. The number of hydrogen-bond acceptors (Lipinski definition) is 5. The number of fused-ring (bicyclic) bond motifs is 6. The Hall–Kier alpha value is -5.16. The molecule has 242 valence electrons. The summed E-state index contributed by atoms with van der Waals surface area (Å²) >= 11 is 0. The summed E-state index contributed by atoms with van der Waals surface area (Å²) in [4.78, 5) is 34.4. The van der Waals surface area contributed by atoms with Gasteiger partial charge < -0.3 is 4.74 Å². The van der Waals surface area contributed by atoms with E-state index in [4.69, 9.17) is 9.62 Å². The van der Waals surface area contributed by atoms with Crippen LogP contribution in [-0.4, -0.2) is 18.5 Å². The Morgan fingerprint density at radius 1 is 0.625 bits per heavy atom. The molecule has 0 radical (unpaired) electrons. The lowest BCUT2D eigenvalue weighted by molar-refractivity contribution is -0.257. The highest BCUT2D eigenvalue weighted by Gasteiger charge is 2.29. The molecule has 0 aliphatic heterocycles. The molecule has 0 aromatic heterocycles. The summed E-state index contributed by atoms with van der Waals surface area (Å²) in [5.74, 6) is -1.06. The van der Waals surface area contributed by atoms with Gasteiger partial charge in [0.2, 0.25) is 0 Å². The Kier molecular flexibility index (Phi) is 9.11. The van der Waals surface area contributed by atoms with Crippen molar-refractivity contribution >= 4 is 11.9 Å². The Morgan fingerprint density at radius 2 is 1.25 bits per heavy atom. The van der Waals surface area contributed by atoms with Crippen molar-refractivity contribution in [1.82, 2.24) is 0 Å². The number of carbonyl (C=O) groups is 2. The molecule has 0 spiro atoms. The molecule has 0 saturated heterocycles. The maximum atomic E-state index is 13.3. The average molecular weight is 637 g/mol. The molecule has 7 rings (SSSR count). The van der Waals surface area contributed by atoms with Crippen LogP contribution >= 0.6 is 0 Å². The minimum absolute atomic E-state index is 0.622. The molecule has 5 aromatic rings. The molecule has 0 saturated carbocycles. The fourth-order valence-electron chi connectivity index (χ4n) is 7.15. The van der Waals surface area contributed by atoms with Gasteiger partial charge >= 0.3 is 11.9 Å². The molecule has 1 atom stereocenters. The van der Waals surface area contributed by atoms with Crippen LogP contribution in [0.2, 0.25) is 0 Å². The topological polar surface area (TPSA) is 61.8 Å². The van der Waals surface area contributed by atoms with Gasteiger partial charge in [-0.15, -0.1) is 0 Å². The molecule has 2 aliphatic carbocycles. The van der Waals surface area contributed by atoms with Crippen LogP contribution in [0.15, 0.2) is 103 Å². The van der Waals surface area contributed by atoms with Crippen LogP contribution in [0.1, 0.15) is 83.5 Å². The highest BCUT2D eigenvalue weighted by Crippen LogP contribution is 2.40. The number of carbonyl (C=O) groups excluding carboxylic acids is 2. The van der Waals surface area contributed by atoms with Crippen LogP contribution in [0.25, 0.3) is 22.3 Å². The Bertz CT molecular complexity index is 1970. The molecule has 0 N–H and O–H groups in total. The van der Waals surface area contributed by atoms with Gasteiger partial charge in [0.1, 0.15) is 11.7 Å². The van der Waals surface area contributed by atoms with Gasteiger partial charge in [0.05, 0.1) is 6.61 Å². The van der Waals surface area contributed by atoms with Crippen molar-refractivity contribution < 1.29 is 24.1 Å². The first-order valence-electron chi connectivity index (χ1n) is 17.0. The zero-order valence-corrected chi connectivity index (χ0v) is 27.6. The maximum absolute atomic E-state index is 13.3. The van der Waals surface area contributed by atoms with E-state index in [1.54, 1.807) is 0 Å². The molecule has 0 amide bonds. The normalized spacial score (nSPS) is 12.8. The van der Waals surface area contributed by atoms with Crippen molar-refractivity contribution in [3.8, 4) is 28.0 Å². The average Bonchev–Trinajstić information content (AvgIpc) is 3.66. The standard InChI is InChI=1S/C43H40O5/c1-3-4-7-22-46-37-18-21-41-36(27-37)26-34-23-30(14-19-39(34)41)11-10-29-12-15-31(16-13-29)42(43(45)48-47-28(2)44)33-17-20-40-35(25-33)24-32-8-5-6-9-38(32)40/h5-6,8-9,12-21,23,25,27,42H,3-4,7,10-11,22,24,26H2,1-2H3. The first kappa shape index (κ1) is 31.4. The third-order valence-corrected chi connectivity index (χ3v) is 9.58. The minimum Gasteiger partial charge on any atom is -0.494 e. The monoisotopic (exact) mass is 636 g/mol. The lowest BCUT2D eigenvalue weighted by atomic mass is 9.88. The van der Waals surface area contributed by atoms with Gasteiger partial charge in [0, 0.05) is 6.92 Å². The second-order valence-corrected chi connectivity index (χ2v) is 12.9. The van der Waals surface area contributed by atoms with Crippen molar-refractivity contribution in [2.45, 2.75) is 64.7 Å². The van der Waals surface area contributed by atoms with E-state index in [1.807, 2.05) is 24.3 Å². The number of ether oxygens (including phenoxy) is 1. The van der Waals surface area contributed by atoms with Crippen molar-refractivity contribution in [1.29, 1.82) is 0 Å². The fourth-order valence-corrected chi connectivity index (χ4v) is 7.15. The SMILES string of the molecule is CCCCCOc1ccc2c(c1)Cc1cc(CCc3ccc(C(C(=O)OOC(C)=O)c4ccc5c(c4)Cc4ccccc4-5)cc3)ccc1-2. The van der Waals surface area contributed by atoms with Gasteiger partial charge in [-0.25, -0.2) is 19.4 Å². The van der Waals surface area contributed by atoms with E-state index < -0.39 is 17.9 Å². The van der Waals surface area contributed by atoms with Crippen LogP contribution in [-0.2, 0) is 45.0 Å². The number of rotatable bonds is 11. The first-order valence-corrected chi connectivity index (χ1v) is 17.0. The Balaban J connectivity index is 1.04. The quantitative estimate of drug-likeness (QED) is 0.0805. The molecule has 48 heavy (non-hydrogen) atoms. The van der Waals surface area contributed by atoms with E-state index in [1.165, 1.54) is 75.4 Å². The molecule has 0 bridgehead atoms. The molecule has 2 aliphatic rings. The molecular weight excluding hydrogens is 596 g/mol. The van der Waals surface area contributed by atoms with Crippen molar-refractivity contribution in [2.24, 2.45) is 0 Å². The van der Waals surface area contributed by atoms with Crippen LogP contribution in [0.4, 0.5) is 0 Å². The van der Waals surface area contributed by atoms with Crippen molar-refractivity contribution in [2.75, 3.05) is 6.61 Å². The second-order valence-electron chi connectivity index (χ2n) is 12.9. The summed E-state index contributed by atoms with van der Waals surface area (Å²) < 4.78 is 6.01. The van der Waals surface area contributed by atoms with Gasteiger partial charge in [-0.3, -0.25) is 0 Å². The van der Waals surface area contributed by atoms with E-state index >= 15 is 0 Å². The van der Waals surface area contributed by atoms with Gasteiger partial charge in [-0.05, 0) is 111 Å². The summed E-state index contributed by atoms with van der Waals surface area (Å²) in [6.45, 7) is 4.19. The number of unbranched alkanes of at least 4 members (excludes halogenated alkanes) is 2. The highest BCUT2D eigenvalue weighted by atomic mass is 17.2. The molecule has 0 fully saturated rings. The maximum Gasteiger partial charge on any atom is 0.367 e. The molecule has 1 unspecified atom stereocenters. The summed E-state index contributed by atoms with van der Waals surface area (Å²) in [5, 5.41) is 0. The Morgan fingerprint density at radius 3 is 2.04 bits per heavy atom. The summed E-state index contributed by atoms with van der Waals surface area (Å²) in [5.41, 5.74) is 14.3. The molecule has 5 heteroatoms. The van der Waals surface area contributed by atoms with E-state index in [0.29, 0.717) is 0 Å². The number of benzene rings is 5. The fraction of sp³-hybridized carbons (Fsp3) is 0.256. The van der Waals surface area contributed by atoms with E-state index in [2.05, 4.69) is 90.7 Å². The largest absolute Gasteiger partial charge is 0.494 e. The lowest BCUT2D eigenvalue weighted by Crippen LogP contribution is -2.19. The van der Waals surface area contributed by atoms with E-state index in [9.17, 15) is 9.59 Å². The van der Waals surface area contributed by atoms with E-state index in [0.717, 1.165) is 55.6 Å². The van der Waals surface area contributed by atoms with E-state index in [-0.39, 0.29) is 0 Å². The molecule has 5 nitrogen and oxygen atoms in total. The zero-order valence-electron chi connectivity index (χ0n) is 27.6. The van der Waals surface area contributed by atoms with Crippen LogP contribution in [0, 0.1) is 0 Å². The highest BCUT2D eigenvalue weighted by molar-refractivity contribution is 5.84. The van der Waals surface area contributed by atoms with Gasteiger partial charge in [0.15, 0.2) is 0 Å². The third kappa shape index (κ3) is 6.64. The van der Waals surface area contributed by atoms with Crippen LogP contribution in [0.5, 0.6) is 5.75 Å². The summed E-state index contributed by atoms with van der Waals surface area (Å²) in [7, 11) is 0. The number of hydrogen-bond donors (Lipinski definition) is 0. The minimum atomic E-state index is -0.729. The lowest BCUT2D eigenvalue weighted by Gasteiger charge is -2.17. The van der Waals surface area contributed by atoms with Crippen molar-refractivity contribution in [3.05, 3.63) is 148 Å². The molecular formula is C43H40O5. The van der Waals surface area contributed by atoms with Crippen LogP contribution < -0.4 is 4.74 Å². The van der Waals surface area contributed by atoms with Crippen LogP contribution in [0.3, 0.4) is 0 Å². The van der Waals surface area contributed by atoms with Gasteiger partial charge in [0.25, 0.3) is 0 Å².